The van der Waals surface area contributed by atoms with Crippen molar-refractivity contribution in [3.05, 3.63) is 30.3 Å². The van der Waals surface area contributed by atoms with Gasteiger partial charge in [-0.2, -0.15) is 0 Å². The van der Waals surface area contributed by atoms with Crippen molar-refractivity contribution in [3.8, 4) is 0 Å². The van der Waals surface area contributed by atoms with E-state index in [0.717, 1.165) is 23.8 Å². The fourth-order valence-corrected chi connectivity index (χ4v) is 5.10. The van der Waals surface area contributed by atoms with Gasteiger partial charge in [0.05, 0.1) is 16.0 Å². The summed E-state index contributed by atoms with van der Waals surface area (Å²) in [5.74, 6) is 0.757. The van der Waals surface area contributed by atoms with Crippen LogP contribution in [-0.4, -0.2) is 22.0 Å². The van der Waals surface area contributed by atoms with E-state index < -0.39 is 10.8 Å². The monoisotopic (exact) mass is 293 g/mol. The van der Waals surface area contributed by atoms with Crippen molar-refractivity contribution in [1.82, 2.24) is 5.32 Å². The topological polar surface area (TPSA) is 29.1 Å². The molecular formula is C17H27NOS. The summed E-state index contributed by atoms with van der Waals surface area (Å²) in [6.45, 7) is 5.35. The maximum absolute atomic E-state index is 12.9. The summed E-state index contributed by atoms with van der Waals surface area (Å²) in [4.78, 5) is 0.984. The Morgan fingerprint density at radius 2 is 1.95 bits per heavy atom. The Hall–Kier alpha value is -0.670. The molecule has 0 saturated heterocycles. The third kappa shape index (κ3) is 3.92. The summed E-state index contributed by atoms with van der Waals surface area (Å²) >= 11 is 0. The summed E-state index contributed by atoms with van der Waals surface area (Å²) in [6, 6.07) is 10.4. The molecule has 0 spiro atoms. The Balaban J connectivity index is 2.12. The molecule has 2 nitrogen and oxygen atoms in total. The van der Waals surface area contributed by atoms with Gasteiger partial charge in [0, 0.05) is 10.9 Å². The average molecular weight is 293 g/mol. The van der Waals surface area contributed by atoms with Crippen molar-refractivity contribution < 1.29 is 4.21 Å². The van der Waals surface area contributed by atoms with Crippen molar-refractivity contribution in [1.29, 1.82) is 0 Å². The van der Waals surface area contributed by atoms with E-state index in [9.17, 15) is 4.21 Å². The molecular weight excluding hydrogens is 266 g/mol. The van der Waals surface area contributed by atoms with Gasteiger partial charge in [0.2, 0.25) is 0 Å². The minimum Gasteiger partial charge on any atom is -0.313 e. The van der Waals surface area contributed by atoms with E-state index >= 15 is 0 Å². The molecule has 112 valence electrons. The molecule has 0 aliphatic heterocycles. The fraction of sp³-hybridized carbons (Fsp3) is 0.647. The molecule has 20 heavy (non-hydrogen) atoms. The maximum Gasteiger partial charge on any atom is 0.0576 e. The number of hydrogen-bond donors (Lipinski definition) is 1. The number of nitrogens with one attached hydrogen (secondary N) is 1. The van der Waals surface area contributed by atoms with Crippen LogP contribution in [0.1, 0.15) is 46.0 Å². The van der Waals surface area contributed by atoms with E-state index in [0.29, 0.717) is 6.04 Å². The third-order valence-electron chi connectivity index (χ3n) is 4.31. The Kier molecular flexibility index (Phi) is 6.24. The molecule has 1 aliphatic carbocycles. The molecule has 1 aromatic rings. The van der Waals surface area contributed by atoms with Gasteiger partial charge in [0.15, 0.2) is 0 Å². The first-order chi connectivity index (χ1) is 9.76. The fourth-order valence-electron chi connectivity index (χ4n) is 3.34. The van der Waals surface area contributed by atoms with Crippen LogP contribution in [0.3, 0.4) is 0 Å². The first-order valence-corrected chi connectivity index (χ1v) is 9.16. The highest BCUT2D eigenvalue weighted by atomic mass is 32.2. The van der Waals surface area contributed by atoms with E-state index in [2.05, 4.69) is 19.2 Å². The van der Waals surface area contributed by atoms with Crippen LogP contribution < -0.4 is 5.32 Å². The Bertz CT molecular complexity index is 420. The second kappa shape index (κ2) is 7.94. The van der Waals surface area contributed by atoms with E-state index in [-0.39, 0.29) is 5.25 Å². The molecule has 2 rings (SSSR count). The smallest absolute Gasteiger partial charge is 0.0576 e. The minimum absolute atomic E-state index is 0.266. The van der Waals surface area contributed by atoms with Crippen LogP contribution in [0.5, 0.6) is 0 Å². The van der Waals surface area contributed by atoms with E-state index in [1.807, 2.05) is 30.3 Å². The van der Waals surface area contributed by atoms with Crippen molar-refractivity contribution in [2.45, 2.75) is 62.1 Å². The zero-order valence-electron chi connectivity index (χ0n) is 12.7. The van der Waals surface area contributed by atoms with Crippen LogP contribution in [0.4, 0.5) is 0 Å². The molecule has 0 radical (unpaired) electrons. The molecule has 4 atom stereocenters. The predicted molar refractivity (Wildman–Crippen MR) is 86.4 cm³/mol. The molecule has 1 N–H and O–H groups in total. The zero-order valence-corrected chi connectivity index (χ0v) is 13.5. The normalized spacial score (nSPS) is 28.2. The van der Waals surface area contributed by atoms with Crippen molar-refractivity contribution in [2.75, 3.05) is 6.54 Å². The Morgan fingerprint density at radius 3 is 2.60 bits per heavy atom. The largest absolute Gasteiger partial charge is 0.313 e. The molecule has 0 bridgehead atoms. The zero-order chi connectivity index (χ0) is 14.4. The first kappa shape index (κ1) is 15.7. The second-order valence-corrected chi connectivity index (χ2v) is 7.45. The lowest BCUT2D eigenvalue weighted by Gasteiger charge is -2.36. The van der Waals surface area contributed by atoms with Crippen LogP contribution >= 0.6 is 0 Å². The van der Waals surface area contributed by atoms with Gasteiger partial charge in [-0.3, -0.25) is 4.21 Å². The average Bonchev–Trinajstić information content (AvgIpc) is 2.49. The number of hydrogen-bond acceptors (Lipinski definition) is 2. The highest BCUT2D eigenvalue weighted by molar-refractivity contribution is 7.85. The lowest BCUT2D eigenvalue weighted by Crippen LogP contribution is -2.46. The van der Waals surface area contributed by atoms with E-state index in [1.54, 1.807) is 0 Å². The standard InChI is InChI=1S/C17H27NOS/c1-3-8-14-11-12-16(18-4-2)17(13-14)20(19)15-9-6-5-7-10-15/h5-7,9-10,14,16-18H,3-4,8,11-13H2,1-2H3. The highest BCUT2D eigenvalue weighted by Crippen LogP contribution is 2.32. The predicted octanol–water partition coefficient (Wildman–Crippen LogP) is 3.74. The third-order valence-corrected chi connectivity index (χ3v) is 6.12. The van der Waals surface area contributed by atoms with Crippen LogP contribution in [-0.2, 0) is 10.8 Å². The summed E-state index contributed by atoms with van der Waals surface area (Å²) in [6.07, 6.45) is 6.07. The number of benzene rings is 1. The molecule has 3 heteroatoms. The van der Waals surface area contributed by atoms with Gasteiger partial charge in [0.1, 0.15) is 0 Å². The Labute approximate surface area is 125 Å². The van der Waals surface area contributed by atoms with E-state index in [4.69, 9.17) is 0 Å². The molecule has 1 saturated carbocycles. The SMILES string of the molecule is CCCC1CCC(NCC)C(S(=O)c2ccccc2)C1. The van der Waals surface area contributed by atoms with Crippen LogP contribution in [0, 0.1) is 5.92 Å². The van der Waals surface area contributed by atoms with Crippen LogP contribution in [0.15, 0.2) is 35.2 Å². The van der Waals surface area contributed by atoms with Gasteiger partial charge in [-0.05, 0) is 43.9 Å². The first-order valence-electron chi connectivity index (χ1n) is 7.95. The van der Waals surface area contributed by atoms with Gasteiger partial charge in [0.25, 0.3) is 0 Å². The molecule has 1 aromatic carbocycles. The van der Waals surface area contributed by atoms with Crippen molar-refractivity contribution in [2.24, 2.45) is 5.92 Å². The van der Waals surface area contributed by atoms with Gasteiger partial charge in [-0.15, -0.1) is 0 Å². The lowest BCUT2D eigenvalue weighted by atomic mass is 9.83. The van der Waals surface area contributed by atoms with Gasteiger partial charge < -0.3 is 5.32 Å². The maximum atomic E-state index is 12.9. The second-order valence-electron chi connectivity index (χ2n) is 5.78. The van der Waals surface area contributed by atoms with Gasteiger partial charge in [-0.1, -0.05) is 44.9 Å². The summed E-state index contributed by atoms with van der Waals surface area (Å²) < 4.78 is 12.9. The molecule has 1 fully saturated rings. The van der Waals surface area contributed by atoms with Crippen molar-refractivity contribution >= 4 is 10.8 Å². The van der Waals surface area contributed by atoms with Gasteiger partial charge in [-0.25, -0.2) is 0 Å². The lowest BCUT2D eigenvalue weighted by molar-refractivity contribution is 0.286. The summed E-state index contributed by atoms with van der Waals surface area (Å²) in [5.41, 5.74) is 0. The summed E-state index contributed by atoms with van der Waals surface area (Å²) in [5, 5.41) is 3.82. The number of rotatable bonds is 6. The Morgan fingerprint density at radius 1 is 1.20 bits per heavy atom. The molecule has 1 aliphatic rings. The molecule has 0 aromatic heterocycles. The highest BCUT2D eigenvalue weighted by Gasteiger charge is 2.34. The molecule has 0 heterocycles. The molecule has 4 unspecified atom stereocenters. The van der Waals surface area contributed by atoms with Crippen LogP contribution in [0.2, 0.25) is 0 Å². The van der Waals surface area contributed by atoms with E-state index in [1.165, 1.54) is 25.7 Å². The quantitative estimate of drug-likeness (QED) is 0.865. The van der Waals surface area contributed by atoms with Crippen molar-refractivity contribution in [3.63, 3.8) is 0 Å². The van der Waals surface area contributed by atoms with Crippen LogP contribution in [0.25, 0.3) is 0 Å². The summed E-state index contributed by atoms with van der Waals surface area (Å²) in [7, 11) is -0.888. The minimum atomic E-state index is -0.888. The van der Waals surface area contributed by atoms with Gasteiger partial charge >= 0.3 is 0 Å². The molecule has 0 amide bonds.